The van der Waals surface area contributed by atoms with Crippen LogP contribution in [0.3, 0.4) is 0 Å². The van der Waals surface area contributed by atoms with Crippen LogP contribution in [0.4, 0.5) is 0 Å². The van der Waals surface area contributed by atoms with E-state index in [9.17, 15) is 0 Å². The molecule has 1 saturated carbocycles. The number of nitrogens with zero attached hydrogens (tertiary/aromatic N) is 1. The van der Waals surface area contributed by atoms with Crippen LogP contribution in [0.1, 0.15) is 50.5 Å². The molecule has 2 heteroatoms. The molecule has 4 atom stereocenters. The van der Waals surface area contributed by atoms with E-state index in [2.05, 4.69) is 42.2 Å². The van der Waals surface area contributed by atoms with Crippen molar-refractivity contribution in [2.45, 2.75) is 51.0 Å². The molecule has 1 aromatic rings. The average molecular weight is 286 g/mol. The zero-order chi connectivity index (χ0) is 14.7. The fourth-order valence-corrected chi connectivity index (χ4v) is 4.46. The van der Waals surface area contributed by atoms with Gasteiger partial charge in [0, 0.05) is 12.6 Å². The quantitative estimate of drug-likeness (QED) is 0.916. The summed E-state index contributed by atoms with van der Waals surface area (Å²) >= 11 is 0. The Morgan fingerprint density at radius 3 is 2.62 bits per heavy atom. The molecule has 116 valence electrons. The average Bonchev–Trinajstić information content (AvgIpc) is 3.04. The number of rotatable bonds is 4. The van der Waals surface area contributed by atoms with Crippen molar-refractivity contribution in [1.29, 1.82) is 0 Å². The summed E-state index contributed by atoms with van der Waals surface area (Å²) in [5.41, 5.74) is 7.62. The number of hydrogen-bond donors (Lipinski definition) is 1. The predicted octanol–water partition coefficient (Wildman–Crippen LogP) is 3.63. The highest BCUT2D eigenvalue weighted by Crippen LogP contribution is 2.39. The van der Waals surface area contributed by atoms with Gasteiger partial charge in [-0.2, -0.15) is 0 Å². The van der Waals surface area contributed by atoms with Gasteiger partial charge in [0.1, 0.15) is 0 Å². The van der Waals surface area contributed by atoms with Gasteiger partial charge in [-0.3, -0.25) is 4.90 Å². The third-order valence-corrected chi connectivity index (χ3v) is 5.89. The lowest BCUT2D eigenvalue weighted by atomic mass is 9.75. The highest BCUT2D eigenvalue weighted by molar-refractivity contribution is 5.20. The number of nitrogens with two attached hydrogens (primary N) is 1. The highest BCUT2D eigenvalue weighted by Gasteiger charge is 2.36. The molecule has 0 bridgehead atoms. The van der Waals surface area contributed by atoms with Crippen molar-refractivity contribution in [3.63, 3.8) is 0 Å². The van der Waals surface area contributed by atoms with Crippen LogP contribution in [0.5, 0.6) is 0 Å². The molecule has 2 aliphatic rings. The summed E-state index contributed by atoms with van der Waals surface area (Å²) in [4.78, 5) is 2.76. The molecule has 2 nitrogen and oxygen atoms in total. The Bertz CT molecular complexity index is 430. The molecule has 0 spiro atoms. The van der Waals surface area contributed by atoms with E-state index in [1.54, 1.807) is 0 Å². The van der Waals surface area contributed by atoms with E-state index < -0.39 is 0 Å². The second-order valence-electron chi connectivity index (χ2n) is 7.04. The molecule has 4 unspecified atom stereocenters. The Labute approximate surface area is 129 Å². The van der Waals surface area contributed by atoms with Gasteiger partial charge in [0.05, 0.1) is 0 Å². The van der Waals surface area contributed by atoms with Crippen LogP contribution in [-0.2, 0) is 0 Å². The van der Waals surface area contributed by atoms with E-state index in [1.807, 2.05) is 0 Å². The van der Waals surface area contributed by atoms with Crippen LogP contribution in [0.15, 0.2) is 30.3 Å². The first-order valence-corrected chi connectivity index (χ1v) is 8.80. The zero-order valence-electron chi connectivity index (χ0n) is 13.4. The Morgan fingerprint density at radius 1 is 1.14 bits per heavy atom. The van der Waals surface area contributed by atoms with Crippen molar-refractivity contribution in [1.82, 2.24) is 4.90 Å². The minimum absolute atomic E-state index is 0.709. The van der Waals surface area contributed by atoms with E-state index in [0.717, 1.165) is 18.4 Å². The van der Waals surface area contributed by atoms with E-state index >= 15 is 0 Å². The maximum atomic E-state index is 6.09. The summed E-state index contributed by atoms with van der Waals surface area (Å²) in [6.45, 7) is 5.79. The summed E-state index contributed by atoms with van der Waals surface area (Å²) in [5.74, 6) is 2.36. The summed E-state index contributed by atoms with van der Waals surface area (Å²) in [6.07, 6.45) is 6.64. The molecule has 2 fully saturated rings. The van der Waals surface area contributed by atoms with Gasteiger partial charge in [0.15, 0.2) is 0 Å². The molecule has 3 rings (SSSR count). The second-order valence-corrected chi connectivity index (χ2v) is 7.04. The van der Waals surface area contributed by atoms with Crippen molar-refractivity contribution >= 4 is 0 Å². The Balaban J connectivity index is 1.70. The van der Waals surface area contributed by atoms with E-state index in [4.69, 9.17) is 5.73 Å². The number of benzene rings is 1. The van der Waals surface area contributed by atoms with Gasteiger partial charge in [-0.15, -0.1) is 0 Å². The monoisotopic (exact) mass is 286 g/mol. The van der Waals surface area contributed by atoms with Gasteiger partial charge in [-0.1, -0.05) is 43.7 Å². The lowest BCUT2D eigenvalue weighted by Gasteiger charge is -2.41. The molecular weight excluding hydrogens is 256 g/mol. The van der Waals surface area contributed by atoms with Gasteiger partial charge < -0.3 is 5.73 Å². The minimum atomic E-state index is 0.709. The van der Waals surface area contributed by atoms with Crippen LogP contribution >= 0.6 is 0 Å². The van der Waals surface area contributed by atoms with Crippen LogP contribution in [0, 0.1) is 11.8 Å². The highest BCUT2D eigenvalue weighted by atomic mass is 15.2. The van der Waals surface area contributed by atoms with Crippen molar-refractivity contribution < 1.29 is 0 Å². The van der Waals surface area contributed by atoms with Crippen LogP contribution in [0.25, 0.3) is 0 Å². The van der Waals surface area contributed by atoms with Crippen molar-refractivity contribution in [2.24, 2.45) is 17.6 Å². The topological polar surface area (TPSA) is 29.3 Å². The second kappa shape index (κ2) is 6.93. The summed E-state index contributed by atoms with van der Waals surface area (Å²) in [6, 6.07) is 11.8. The first-order valence-electron chi connectivity index (χ1n) is 8.80. The summed E-state index contributed by atoms with van der Waals surface area (Å²) in [5, 5.41) is 0. The van der Waals surface area contributed by atoms with Crippen LogP contribution in [0.2, 0.25) is 0 Å². The van der Waals surface area contributed by atoms with Crippen molar-refractivity contribution in [3.8, 4) is 0 Å². The fourth-order valence-electron chi connectivity index (χ4n) is 4.46. The van der Waals surface area contributed by atoms with Gasteiger partial charge in [0.2, 0.25) is 0 Å². The van der Waals surface area contributed by atoms with E-state index in [-0.39, 0.29) is 0 Å². The first-order chi connectivity index (χ1) is 10.3. The lowest BCUT2D eigenvalue weighted by molar-refractivity contribution is 0.117. The molecule has 21 heavy (non-hydrogen) atoms. The molecular formula is C19H30N2. The Morgan fingerprint density at radius 2 is 1.95 bits per heavy atom. The number of likely N-dealkylation sites (tertiary alicyclic amines) is 1. The minimum Gasteiger partial charge on any atom is -0.330 e. The fraction of sp³-hybridized carbons (Fsp3) is 0.684. The van der Waals surface area contributed by atoms with Crippen LogP contribution in [-0.4, -0.2) is 30.6 Å². The molecule has 1 aromatic carbocycles. The smallest absolute Gasteiger partial charge is 0.0141 e. The first kappa shape index (κ1) is 15.1. The van der Waals surface area contributed by atoms with Crippen molar-refractivity contribution in [2.75, 3.05) is 19.6 Å². The third kappa shape index (κ3) is 3.32. The number of hydrogen-bond acceptors (Lipinski definition) is 2. The van der Waals surface area contributed by atoms with Gasteiger partial charge >= 0.3 is 0 Å². The maximum Gasteiger partial charge on any atom is 0.0141 e. The molecule has 0 aromatic heterocycles. The van der Waals surface area contributed by atoms with Crippen LogP contribution < -0.4 is 5.73 Å². The van der Waals surface area contributed by atoms with Crippen molar-refractivity contribution in [3.05, 3.63) is 35.9 Å². The molecule has 1 aliphatic heterocycles. The van der Waals surface area contributed by atoms with E-state index in [0.29, 0.717) is 12.0 Å². The van der Waals surface area contributed by atoms with E-state index in [1.165, 1.54) is 50.8 Å². The lowest BCUT2D eigenvalue weighted by Crippen LogP contribution is -2.45. The summed E-state index contributed by atoms with van der Waals surface area (Å²) in [7, 11) is 0. The van der Waals surface area contributed by atoms with Gasteiger partial charge in [0.25, 0.3) is 0 Å². The van der Waals surface area contributed by atoms with Gasteiger partial charge in [-0.05, 0) is 62.1 Å². The largest absolute Gasteiger partial charge is 0.330 e. The normalized spacial score (nSPS) is 34.2. The summed E-state index contributed by atoms with van der Waals surface area (Å²) < 4.78 is 0. The Hall–Kier alpha value is -0.860. The Kier molecular flexibility index (Phi) is 4.97. The standard InChI is InChI=1S/C19H30N2/c1-2-15-10-11-21(14-15)19-12-17(8-9-18(19)13-20)16-6-4-3-5-7-16/h3-7,15,17-19H,2,8-14,20H2,1H3. The SMILES string of the molecule is CCC1CCN(C2CC(c3ccccc3)CCC2CN)C1. The molecule has 0 amide bonds. The van der Waals surface area contributed by atoms with Gasteiger partial charge in [-0.25, -0.2) is 0 Å². The molecule has 2 N–H and O–H groups in total. The molecule has 1 heterocycles. The third-order valence-electron chi connectivity index (χ3n) is 5.89. The molecule has 0 radical (unpaired) electrons. The molecule has 1 saturated heterocycles. The molecule has 1 aliphatic carbocycles. The maximum absolute atomic E-state index is 6.09. The zero-order valence-corrected chi connectivity index (χ0v) is 13.4. The predicted molar refractivity (Wildman–Crippen MR) is 89.3 cm³/mol.